The second-order valence-corrected chi connectivity index (χ2v) is 14.4. The third kappa shape index (κ3) is 8.74. The van der Waals surface area contributed by atoms with Crippen LogP contribution in [0, 0.1) is 13.8 Å². The van der Waals surface area contributed by atoms with Crippen molar-refractivity contribution >= 4 is 39.1 Å². The summed E-state index contributed by atoms with van der Waals surface area (Å²) >= 11 is 6.16. The molecule has 0 bridgehead atoms. The van der Waals surface area contributed by atoms with Gasteiger partial charge >= 0.3 is 0 Å². The SMILES string of the molecule is Cc1cccc(N(CC(=O)N(Cc2ccc(Cl)cc2)[C@@H](Cc2ccccc2)C(=O)NC(C)(C)C)S(=O)(=O)c2ccccc2)c1C. The quantitative estimate of drug-likeness (QED) is 0.197. The zero-order chi connectivity index (χ0) is 32.8. The van der Waals surface area contributed by atoms with Gasteiger partial charge in [-0.3, -0.25) is 13.9 Å². The van der Waals surface area contributed by atoms with E-state index in [1.807, 2.05) is 71.0 Å². The van der Waals surface area contributed by atoms with Crippen LogP contribution in [0.15, 0.2) is 108 Å². The Morgan fingerprint density at radius 2 is 1.40 bits per heavy atom. The van der Waals surface area contributed by atoms with Gasteiger partial charge < -0.3 is 10.2 Å². The molecule has 0 unspecified atom stereocenters. The molecule has 0 aliphatic rings. The van der Waals surface area contributed by atoms with Gasteiger partial charge in [-0.15, -0.1) is 0 Å². The fraction of sp³-hybridized carbons (Fsp3) is 0.278. The average molecular weight is 646 g/mol. The number of benzene rings is 4. The van der Waals surface area contributed by atoms with Crippen molar-refractivity contribution in [3.63, 3.8) is 0 Å². The number of hydrogen-bond donors (Lipinski definition) is 1. The van der Waals surface area contributed by atoms with E-state index in [1.165, 1.54) is 17.0 Å². The third-order valence-electron chi connectivity index (χ3n) is 7.49. The Hall–Kier alpha value is -4.14. The summed E-state index contributed by atoms with van der Waals surface area (Å²) in [6, 6.07) is 29.0. The Morgan fingerprint density at radius 3 is 2.00 bits per heavy atom. The molecule has 4 rings (SSSR count). The Labute approximate surface area is 271 Å². The van der Waals surface area contributed by atoms with Crippen LogP contribution in [0.1, 0.15) is 43.0 Å². The molecule has 0 aromatic heterocycles. The number of hydrogen-bond acceptors (Lipinski definition) is 4. The lowest BCUT2D eigenvalue weighted by Gasteiger charge is -2.35. The molecule has 236 valence electrons. The van der Waals surface area contributed by atoms with Crippen molar-refractivity contribution < 1.29 is 18.0 Å². The summed E-state index contributed by atoms with van der Waals surface area (Å²) < 4.78 is 29.5. The Bertz CT molecular complexity index is 1720. The highest BCUT2D eigenvalue weighted by Crippen LogP contribution is 2.29. The van der Waals surface area contributed by atoms with Crippen molar-refractivity contribution in [2.45, 2.75) is 64.1 Å². The molecule has 1 atom stereocenters. The van der Waals surface area contributed by atoms with Gasteiger partial charge in [-0.2, -0.15) is 0 Å². The largest absolute Gasteiger partial charge is 0.350 e. The van der Waals surface area contributed by atoms with E-state index in [-0.39, 0.29) is 23.8 Å². The van der Waals surface area contributed by atoms with E-state index >= 15 is 0 Å². The number of anilines is 1. The van der Waals surface area contributed by atoms with Crippen molar-refractivity contribution in [1.29, 1.82) is 0 Å². The maximum atomic E-state index is 14.6. The number of nitrogens with one attached hydrogen (secondary N) is 1. The number of halogens is 1. The summed E-state index contributed by atoms with van der Waals surface area (Å²) in [5.41, 5.74) is 3.07. The van der Waals surface area contributed by atoms with Crippen LogP contribution in [-0.4, -0.2) is 43.3 Å². The monoisotopic (exact) mass is 645 g/mol. The molecular formula is C36H40ClN3O4S. The number of amides is 2. The van der Waals surface area contributed by atoms with Crippen molar-refractivity contribution in [3.05, 3.63) is 130 Å². The molecule has 0 saturated heterocycles. The van der Waals surface area contributed by atoms with Crippen LogP contribution in [0.2, 0.25) is 5.02 Å². The number of rotatable bonds is 11. The molecule has 1 N–H and O–H groups in total. The lowest BCUT2D eigenvalue weighted by Crippen LogP contribution is -2.56. The summed E-state index contributed by atoms with van der Waals surface area (Å²) in [5.74, 6) is -0.853. The molecule has 4 aromatic carbocycles. The molecular weight excluding hydrogens is 606 g/mol. The van der Waals surface area contributed by atoms with E-state index in [9.17, 15) is 18.0 Å². The topological polar surface area (TPSA) is 86.8 Å². The van der Waals surface area contributed by atoms with Gasteiger partial charge in [-0.1, -0.05) is 84.4 Å². The van der Waals surface area contributed by atoms with Crippen LogP contribution >= 0.6 is 11.6 Å². The highest BCUT2D eigenvalue weighted by atomic mass is 35.5. The normalized spacial score (nSPS) is 12.3. The highest BCUT2D eigenvalue weighted by molar-refractivity contribution is 7.92. The van der Waals surface area contributed by atoms with E-state index in [2.05, 4.69) is 5.32 Å². The summed E-state index contributed by atoms with van der Waals surface area (Å²) in [6.07, 6.45) is 0.233. The summed E-state index contributed by atoms with van der Waals surface area (Å²) in [5, 5.41) is 3.58. The maximum Gasteiger partial charge on any atom is 0.264 e. The van der Waals surface area contributed by atoms with E-state index in [0.717, 1.165) is 26.6 Å². The minimum absolute atomic E-state index is 0.0641. The van der Waals surface area contributed by atoms with Crippen LogP contribution in [-0.2, 0) is 32.6 Å². The molecule has 0 saturated carbocycles. The molecule has 0 heterocycles. The van der Waals surface area contributed by atoms with Crippen molar-refractivity contribution in [1.82, 2.24) is 10.2 Å². The Kier molecular flexibility index (Phi) is 10.7. The van der Waals surface area contributed by atoms with Crippen molar-refractivity contribution in [3.8, 4) is 0 Å². The number of sulfonamides is 1. The first-order chi connectivity index (χ1) is 21.3. The number of aryl methyl sites for hydroxylation is 1. The molecule has 0 aliphatic heterocycles. The van der Waals surface area contributed by atoms with Crippen LogP contribution in [0.5, 0.6) is 0 Å². The van der Waals surface area contributed by atoms with E-state index in [1.54, 1.807) is 54.6 Å². The lowest BCUT2D eigenvalue weighted by atomic mass is 10.0. The average Bonchev–Trinajstić information content (AvgIpc) is 3.00. The summed E-state index contributed by atoms with van der Waals surface area (Å²) in [7, 11) is -4.17. The number of carbonyl (C=O) groups is 2. The van der Waals surface area contributed by atoms with Gasteiger partial charge in [0.25, 0.3) is 10.0 Å². The summed E-state index contributed by atoms with van der Waals surface area (Å²) in [4.78, 5) is 30.1. The highest BCUT2D eigenvalue weighted by Gasteiger charge is 2.36. The zero-order valence-corrected chi connectivity index (χ0v) is 27.9. The van der Waals surface area contributed by atoms with Crippen molar-refractivity contribution in [2.75, 3.05) is 10.8 Å². The minimum Gasteiger partial charge on any atom is -0.350 e. The van der Waals surface area contributed by atoms with Gasteiger partial charge in [0.1, 0.15) is 12.6 Å². The number of nitrogens with zero attached hydrogens (tertiary/aromatic N) is 2. The first-order valence-corrected chi connectivity index (χ1v) is 16.6. The van der Waals surface area contributed by atoms with Gasteiger partial charge in [0, 0.05) is 23.5 Å². The van der Waals surface area contributed by atoms with Crippen molar-refractivity contribution in [2.24, 2.45) is 0 Å². The second-order valence-electron chi connectivity index (χ2n) is 12.1. The molecule has 45 heavy (non-hydrogen) atoms. The van der Waals surface area contributed by atoms with Gasteiger partial charge in [0.15, 0.2) is 0 Å². The molecule has 0 fully saturated rings. The molecule has 7 nitrogen and oxygen atoms in total. The lowest BCUT2D eigenvalue weighted by molar-refractivity contribution is -0.140. The first-order valence-electron chi connectivity index (χ1n) is 14.8. The molecule has 2 amide bonds. The maximum absolute atomic E-state index is 14.6. The van der Waals surface area contributed by atoms with Crippen LogP contribution in [0.25, 0.3) is 0 Å². The zero-order valence-electron chi connectivity index (χ0n) is 26.3. The van der Waals surface area contributed by atoms with Crippen LogP contribution < -0.4 is 9.62 Å². The molecule has 0 aliphatic carbocycles. The number of carbonyl (C=O) groups excluding carboxylic acids is 2. The fourth-order valence-corrected chi connectivity index (χ4v) is 6.65. The van der Waals surface area contributed by atoms with Gasteiger partial charge in [-0.25, -0.2) is 8.42 Å². The Balaban J connectivity index is 1.84. The molecule has 0 spiro atoms. The first kappa shape index (κ1) is 33.7. The van der Waals surface area contributed by atoms with Crippen LogP contribution in [0.3, 0.4) is 0 Å². The fourth-order valence-electron chi connectivity index (χ4n) is 5.03. The predicted molar refractivity (Wildman–Crippen MR) is 181 cm³/mol. The predicted octanol–water partition coefficient (Wildman–Crippen LogP) is 6.71. The smallest absolute Gasteiger partial charge is 0.264 e. The summed E-state index contributed by atoms with van der Waals surface area (Å²) in [6.45, 7) is 8.93. The van der Waals surface area contributed by atoms with Crippen LogP contribution in [0.4, 0.5) is 5.69 Å². The molecule has 9 heteroatoms. The van der Waals surface area contributed by atoms with Gasteiger partial charge in [0.2, 0.25) is 11.8 Å². The standard InChI is InChI=1S/C36H40ClN3O4S/c1-26-13-12-18-32(27(26)2)40(45(43,44)31-16-10-7-11-17-31)25-34(41)39(24-29-19-21-30(37)22-20-29)33(35(42)38-36(3,4)5)23-28-14-8-6-9-15-28/h6-22,33H,23-25H2,1-5H3,(H,38,42)/t33-/m0/s1. The van der Waals surface area contributed by atoms with E-state index in [0.29, 0.717) is 10.7 Å². The van der Waals surface area contributed by atoms with E-state index < -0.39 is 34.1 Å². The third-order valence-corrected chi connectivity index (χ3v) is 9.52. The van der Waals surface area contributed by atoms with E-state index in [4.69, 9.17) is 11.6 Å². The Morgan fingerprint density at radius 1 is 0.800 bits per heavy atom. The molecule has 4 aromatic rings. The minimum atomic E-state index is -4.17. The van der Waals surface area contributed by atoms with Gasteiger partial charge in [0.05, 0.1) is 10.6 Å². The second kappa shape index (κ2) is 14.3. The molecule has 0 radical (unpaired) electrons. The van der Waals surface area contributed by atoms with Gasteiger partial charge in [-0.05, 0) is 87.2 Å².